The van der Waals surface area contributed by atoms with Crippen LogP contribution in [0, 0.1) is 0 Å². The summed E-state index contributed by atoms with van der Waals surface area (Å²) in [6.45, 7) is 3.29. The molecule has 0 aliphatic rings. The monoisotopic (exact) mass is 295 g/mol. The molecule has 2 N–H and O–H groups in total. The summed E-state index contributed by atoms with van der Waals surface area (Å²) in [5.41, 5.74) is 0.187. The SMILES string of the molecule is COC(=O)CN(C(=O)Nc1cncc(C(=O)O)c1)C(C)C. The van der Waals surface area contributed by atoms with Gasteiger partial charge in [0.15, 0.2) is 0 Å². The Morgan fingerprint density at radius 3 is 2.57 bits per heavy atom. The van der Waals surface area contributed by atoms with E-state index in [1.165, 1.54) is 30.5 Å². The summed E-state index contributed by atoms with van der Waals surface area (Å²) in [5.74, 6) is -1.69. The third kappa shape index (κ3) is 4.75. The largest absolute Gasteiger partial charge is 0.478 e. The summed E-state index contributed by atoms with van der Waals surface area (Å²) in [7, 11) is 1.24. The van der Waals surface area contributed by atoms with E-state index in [1.807, 2.05) is 0 Å². The van der Waals surface area contributed by atoms with Gasteiger partial charge in [-0.25, -0.2) is 9.59 Å². The molecule has 1 aromatic heterocycles. The molecule has 8 heteroatoms. The zero-order valence-corrected chi connectivity index (χ0v) is 12.0. The maximum absolute atomic E-state index is 12.1. The average Bonchev–Trinajstić information content (AvgIpc) is 2.44. The number of hydrogen-bond donors (Lipinski definition) is 2. The standard InChI is InChI=1S/C13H17N3O5/c1-8(2)16(7-11(17)21-3)13(20)15-10-4-9(12(18)19)5-14-6-10/h4-6,8H,7H2,1-3H3,(H,15,20)(H,18,19). The summed E-state index contributed by atoms with van der Waals surface area (Å²) in [4.78, 5) is 39.3. The lowest BCUT2D eigenvalue weighted by molar-refractivity contribution is -0.141. The lowest BCUT2D eigenvalue weighted by Gasteiger charge is -2.25. The van der Waals surface area contributed by atoms with E-state index in [4.69, 9.17) is 5.11 Å². The van der Waals surface area contributed by atoms with E-state index in [0.717, 1.165) is 0 Å². The van der Waals surface area contributed by atoms with Gasteiger partial charge in [0, 0.05) is 12.2 Å². The minimum absolute atomic E-state index is 0.0446. The highest BCUT2D eigenvalue weighted by Gasteiger charge is 2.21. The van der Waals surface area contributed by atoms with E-state index >= 15 is 0 Å². The van der Waals surface area contributed by atoms with Gasteiger partial charge in [0.2, 0.25) is 0 Å². The molecular weight excluding hydrogens is 278 g/mol. The van der Waals surface area contributed by atoms with Gasteiger partial charge in [-0.1, -0.05) is 0 Å². The molecule has 0 bridgehead atoms. The van der Waals surface area contributed by atoms with Crippen LogP contribution in [0.1, 0.15) is 24.2 Å². The number of aromatic nitrogens is 1. The average molecular weight is 295 g/mol. The van der Waals surface area contributed by atoms with Crippen molar-refractivity contribution in [3.8, 4) is 0 Å². The molecule has 1 rings (SSSR count). The topological polar surface area (TPSA) is 109 Å². The molecule has 8 nitrogen and oxygen atoms in total. The highest BCUT2D eigenvalue weighted by Crippen LogP contribution is 2.10. The van der Waals surface area contributed by atoms with Crippen LogP contribution in [0.2, 0.25) is 0 Å². The Morgan fingerprint density at radius 2 is 2.05 bits per heavy atom. The van der Waals surface area contributed by atoms with Crippen LogP contribution in [0.5, 0.6) is 0 Å². The third-order valence-electron chi connectivity index (χ3n) is 2.65. The minimum Gasteiger partial charge on any atom is -0.478 e. The number of nitrogens with zero attached hydrogens (tertiary/aromatic N) is 2. The Hall–Kier alpha value is -2.64. The van der Waals surface area contributed by atoms with Crippen molar-refractivity contribution in [1.82, 2.24) is 9.88 Å². The van der Waals surface area contributed by atoms with Gasteiger partial charge in [-0.05, 0) is 19.9 Å². The van der Waals surface area contributed by atoms with Crippen molar-refractivity contribution in [3.63, 3.8) is 0 Å². The normalized spacial score (nSPS) is 10.1. The van der Waals surface area contributed by atoms with Gasteiger partial charge in [0.05, 0.1) is 24.6 Å². The predicted octanol–water partition coefficient (Wildman–Crippen LogP) is 1.20. The highest BCUT2D eigenvalue weighted by atomic mass is 16.5. The second-order valence-electron chi connectivity index (χ2n) is 4.50. The van der Waals surface area contributed by atoms with E-state index < -0.39 is 18.0 Å². The molecule has 0 saturated carbocycles. The number of aromatic carboxylic acids is 1. The number of hydrogen-bond acceptors (Lipinski definition) is 5. The number of anilines is 1. The minimum atomic E-state index is -1.14. The fourth-order valence-electron chi connectivity index (χ4n) is 1.51. The van der Waals surface area contributed by atoms with Crippen LogP contribution < -0.4 is 5.32 Å². The molecule has 21 heavy (non-hydrogen) atoms. The van der Waals surface area contributed by atoms with Crippen LogP contribution >= 0.6 is 0 Å². The zero-order chi connectivity index (χ0) is 16.0. The van der Waals surface area contributed by atoms with E-state index in [-0.39, 0.29) is 23.8 Å². The van der Waals surface area contributed by atoms with E-state index in [9.17, 15) is 14.4 Å². The second-order valence-corrected chi connectivity index (χ2v) is 4.50. The molecule has 0 aliphatic carbocycles. The lowest BCUT2D eigenvalue weighted by Crippen LogP contribution is -2.43. The molecule has 0 fully saturated rings. The number of amides is 2. The van der Waals surface area contributed by atoms with Crippen LogP contribution in [0.15, 0.2) is 18.5 Å². The second kappa shape index (κ2) is 7.22. The van der Waals surface area contributed by atoms with Crippen molar-refractivity contribution in [3.05, 3.63) is 24.0 Å². The van der Waals surface area contributed by atoms with E-state index in [1.54, 1.807) is 13.8 Å². The molecule has 0 radical (unpaired) electrons. The number of methoxy groups -OCH3 is 1. The first-order chi connectivity index (χ1) is 9.85. The molecule has 0 atom stereocenters. The van der Waals surface area contributed by atoms with E-state index in [2.05, 4.69) is 15.0 Å². The van der Waals surface area contributed by atoms with Crippen molar-refractivity contribution < 1.29 is 24.2 Å². The van der Waals surface area contributed by atoms with Crippen LogP contribution in [-0.4, -0.2) is 52.7 Å². The molecule has 0 spiro atoms. The number of carbonyl (C=O) groups is 3. The van der Waals surface area contributed by atoms with E-state index in [0.29, 0.717) is 0 Å². The first kappa shape index (κ1) is 16.4. The molecule has 0 saturated heterocycles. The summed E-state index contributed by atoms with van der Waals surface area (Å²) < 4.78 is 4.53. The zero-order valence-electron chi connectivity index (χ0n) is 12.0. The Labute approximate surface area is 121 Å². The Kier molecular flexibility index (Phi) is 5.65. The first-order valence-electron chi connectivity index (χ1n) is 6.18. The number of pyridine rings is 1. The summed E-state index contributed by atoms with van der Waals surface area (Å²) in [6, 6.07) is 0.503. The Bertz CT molecular complexity index is 544. The summed E-state index contributed by atoms with van der Waals surface area (Å²) in [5, 5.41) is 11.4. The number of nitrogens with one attached hydrogen (secondary N) is 1. The van der Waals surface area contributed by atoms with Crippen molar-refractivity contribution in [2.45, 2.75) is 19.9 Å². The van der Waals surface area contributed by atoms with Gasteiger partial charge in [-0.3, -0.25) is 9.78 Å². The van der Waals surface area contributed by atoms with Gasteiger partial charge < -0.3 is 20.1 Å². The smallest absolute Gasteiger partial charge is 0.337 e. The lowest BCUT2D eigenvalue weighted by atomic mass is 10.2. The van der Waals surface area contributed by atoms with Gasteiger partial charge in [0.25, 0.3) is 0 Å². The molecule has 1 aromatic rings. The number of ether oxygens (including phenoxy) is 1. The van der Waals surface area contributed by atoms with Crippen molar-refractivity contribution in [2.24, 2.45) is 0 Å². The fourth-order valence-corrected chi connectivity index (χ4v) is 1.51. The number of esters is 1. The molecule has 0 aromatic carbocycles. The Balaban J connectivity index is 2.84. The van der Waals surface area contributed by atoms with Gasteiger partial charge >= 0.3 is 18.0 Å². The van der Waals surface area contributed by atoms with Crippen molar-refractivity contribution in [1.29, 1.82) is 0 Å². The van der Waals surface area contributed by atoms with Crippen LogP contribution in [0.3, 0.4) is 0 Å². The maximum atomic E-state index is 12.1. The Morgan fingerprint density at radius 1 is 1.38 bits per heavy atom. The predicted molar refractivity (Wildman–Crippen MR) is 74.1 cm³/mol. The van der Waals surface area contributed by atoms with Crippen LogP contribution in [0.25, 0.3) is 0 Å². The van der Waals surface area contributed by atoms with Crippen molar-refractivity contribution in [2.75, 3.05) is 19.0 Å². The molecule has 1 heterocycles. The molecule has 2 amide bonds. The van der Waals surface area contributed by atoms with Gasteiger partial charge in [-0.15, -0.1) is 0 Å². The quantitative estimate of drug-likeness (QED) is 0.790. The molecular formula is C13H17N3O5. The number of rotatable bonds is 5. The van der Waals surface area contributed by atoms with Crippen LogP contribution in [0.4, 0.5) is 10.5 Å². The fraction of sp³-hybridized carbons (Fsp3) is 0.385. The van der Waals surface area contributed by atoms with Gasteiger partial charge in [0.1, 0.15) is 6.54 Å². The number of carboxylic acids is 1. The molecule has 0 aliphatic heterocycles. The van der Waals surface area contributed by atoms with Gasteiger partial charge in [-0.2, -0.15) is 0 Å². The molecule has 0 unspecified atom stereocenters. The summed E-state index contributed by atoms with van der Waals surface area (Å²) >= 11 is 0. The highest BCUT2D eigenvalue weighted by molar-refractivity contribution is 5.94. The number of carbonyl (C=O) groups excluding carboxylic acids is 2. The maximum Gasteiger partial charge on any atom is 0.337 e. The first-order valence-corrected chi connectivity index (χ1v) is 6.18. The third-order valence-corrected chi connectivity index (χ3v) is 2.65. The van der Waals surface area contributed by atoms with Crippen LogP contribution in [-0.2, 0) is 9.53 Å². The van der Waals surface area contributed by atoms with Crippen molar-refractivity contribution >= 4 is 23.7 Å². The number of urea groups is 1. The summed E-state index contributed by atoms with van der Waals surface area (Å²) in [6.07, 6.45) is 2.49. The number of carboxylic acid groups (broad SMARTS) is 1. The molecule has 114 valence electrons.